The molecule has 2 aromatic carbocycles. The number of nitrogens with zero attached hydrogens (tertiary/aromatic N) is 3. The van der Waals surface area contributed by atoms with E-state index in [1.54, 1.807) is 37.4 Å². The number of amides is 1. The summed E-state index contributed by atoms with van der Waals surface area (Å²) in [6, 6.07) is 9.65. The van der Waals surface area contributed by atoms with Crippen LogP contribution >= 0.6 is 24.0 Å². The molecule has 1 aliphatic rings. The number of nitro groups is 2. The standard InChI is InChI=1S/C17H11N3O6S2/c1-18-16(21)15(28-17(18)27)8-10-2-5-12(6-3-10)26-14-7-4-11(19(22)23)9-13(14)20(24)25/h2-9H,1H3/b15-8-. The zero-order valence-corrected chi connectivity index (χ0v) is 15.9. The van der Waals surface area contributed by atoms with Crippen molar-refractivity contribution in [1.82, 2.24) is 4.90 Å². The summed E-state index contributed by atoms with van der Waals surface area (Å²) in [6.07, 6.45) is 1.68. The van der Waals surface area contributed by atoms with E-state index in [1.807, 2.05) is 0 Å². The molecule has 0 spiro atoms. The molecule has 2 aromatic rings. The Hall–Kier alpha value is -3.31. The van der Waals surface area contributed by atoms with Crippen molar-refractivity contribution < 1.29 is 19.4 Å². The van der Waals surface area contributed by atoms with Crippen LogP contribution < -0.4 is 4.74 Å². The van der Waals surface area contributed by atoms with Crippen molar-refractivity contribution in [2.75, 3.05) is 7.05 Å². The molecular weight excluding hydrogens is 406 g/mol. The lowest BCUT2D eigenvalue weighted by atomic mass is 10.2. The molecule has 0 aromatic heterocycles. The van der Waals surface area contributed by atoms with Crippen LogP contribution in [0.2, 0.25) is 0 Å². The Morgan fingerprint density at radius 2 is 1.79 bits per heavy atom. The average molecular weight is 417 g/mol. The first-order valence-electron chi connectivity index (χ1n) is 7.68. The predicted octanol–water partition coefficient (Wildman–Crippen LogP) is 4.13. The summed E-state index contributed by atoms with van der Waals surface area (Å²) >= 11 is 6.27. The quantitative estimate of drug-likeness (QED) is 0.309. The molecule has 1 fully saturated rings. The highest BCUT2D eigenvalue weighted by atomic mass is 32.2. The van der Waals surface area contributed by atoms with Gasteiger partial charge in [0.1, 0.15) is 10.1 Å². The first-order valence-corrected chi connectivity index (χ1v) is 8.91. The number of nitro benzene ring substituents is 2. The minimum Gasteiger partial charge on any atom is -0.450 e. The molecule has 0 saturated carbocycles. The lowest BCUT2D eigenvalue weighted by Crippen LogP contribution is -2.22. The maximum absolute atomic E-state index is 12.0. The molecule has 1 amide bonds. The van der Waals surface area contributed by atoms with Crippen molar-refractivity contribution in [3.8, 4) is 11.5 Å². The second-order valence-electron chi connectivity index (χ2n) is 5.58. The lowest BCUT2D eigenvalue weighted by Gasteiger charge is -2.07. The van der Waals surface area contributed by atoms with Crippen LogP contribution in [0.1, 0.15) is 5.56 Å². The number of hydrogen-bond donors (Lipinski definition) is 0. The molecule has 0 aliphatic carbocycles. The van der Waals surface area contributed by atoms with Gasteiger partial charge in [-0.3, -0.25) is 29.9 Å². The number of ether oxygens (including phenoxy) is 1. The summed E-state index contributed by atoms with van der Waals surface area (Å²) in [5.41, 5.74) is -0.188. The Bertz CT molecular complexity index is 1040. The largest absolute Gasteiger partial charge is 0.450 e. The van der Waals surface area contributed by atoms with Gasteiger partial charge in [-0.25, -0.2) is 0 Å². The van der Waals surface area contributed by atoms with Crippen molar-refractivity contribution >= 4 is 51.7 Å². The van der Waals surface area contributed by atoms with Crippen LogP contribution in [-0.4, -0.2) is 32.0 Å². The molecule has 1 aliphatic heterocycles. The number of non-ortho nitro benzene ring substituents is 1. The first kappa shape index (κ1) is 19.5. The molecule has 11 heteroatoms. The Morgan fingerprint density at radius 3 is 2.32 bits per heavy atom. The Balaban J connectivity index is 1.82. The average Bonchev–Trinajstić information content (AvgIpc) is 2.90. The van der Waals surface area contributed by atoms with E-state index in [0.29, 0.717) is 15.0 Å². The summed E-state index contributed by atoms with van der Waals surface area (Å²) in [5, 5.41) is 22.0. The second kappa shape index (κ2) is 7.74. The number of likely N-dealkylation sites (N-methyl/N-ethyl adjacent to an activating group) is 1. The smallest absolute Gasteiger partial charge is 0.318 e. The van der Waals surface area contributed by atoms with Crippen molar-refractivity contribution in [2.24, 2.45) is 0 Å². The minimum absolute atomic E-state index is 0.116. The molecular formula is C17H11N3O6S2. The fourth-order valence-electron chi connectivity index (χ4n) is 2.30. The number of thioether (sulfide) groups is 1. The van der Waals surface area contributed by atoms with E-state index < -0.39 is 21.2 Å². The van der Waals surface area contributed by atoms with E-state index in [0.717, 1.165) is 17.7 Å². The summed E-state index contributed by atoms with van der Waals surface area (Å²) in [4.78, 5) is 34.4. The van der Waals surface area contributed by atoms with Gasteiger partial charge in [0.05, 0.1) is 20.8 Å². The molecule has 28 heavy (non-hydrogen) atoms. The summed E-state index contributed by atoms with van der Waals surface area (Å²) in [6.45, 7) is 0. The van der Waals surface area contributed by atoms with Gasteiger partial charge in [-0.1, -0.05) is 36.1 Å². The van der Waals surface area contributed by atoms with Gasteiger partial charge in [0.2, 0.25) is 5.75 Å². The summed E-state index contributed by atoms with van der Waals surface area (Å²) in [7, 11) is 1.60. The second-order valence-corrected chi connectivity index (χ2v) is 7.25. The van der Waals surface area contributed by atoms with Gasteiger partial charge in [0.15, 0.2) is 0 Å². The van der Waals surface area contributed by atoms with Crippen molar-refractivity contribution in [3.05, 3.63) is 73.2 Å². The molecule has 9 nitrogen and oxygen atoms in total. The molecule has 1 heterocycles. The Morgan fingerprint density at radius 1 is 1.11 bits per heavy atom. The van der Waals surface area contributed by atoms with Crippen LogP contribution in [0, 0.1) is 20.2 Å². The van der Waals surface area contributed by atoms with Gasteiger partial charge in [-0.2, -0.15) is 0 Å². The zero-order chi connectivity index (χ0) is 20.4. The van der Waals surface area contributed by atoms with E-state index in [1.165, 1.54) is 22.7 Å². The fourth-order valence-corrected chi connectivity index (χ4v) is 3.48. The Labute approximate surface area is 167 Å². The number of carbonyl (C=O) groups excluding carboxylic acids is 1. The van der Waals surface area contributed by atoms with Crippen LogP contribution in [0.25, 0.3) is 6.08 Å². The van der Waals surface area contributed by atoms with E-state index in [2.05, 4.69) is 0 Å². The molecule has 0 unspecified atom stereocenters. The number of rotatable bonds is 5. The van der Waals surface area contributed by atoms with Gasteiger partial charge in [0.25, 0.3) is 11.6 Å². The van der Waals surface area contributed by atoms with Gasteiger partial charge in [0, 0.05) is 13.1 Å². The molecule has 3 rings (SSSR count). The number of carbonyl (C=O) groups is 1. The predicted molar refractivity (Wildman–Crippen MR) is 107 cm³/mol. The number of hydrogen-bond acceptors (Lipinski definition) is 8. The van der Waals surface area contributed by atoms with Crippen LogP contribution in [-0.2, 0) is 4.79 Å². The monoisotopic (exact) mass is 417 g/mol. The molecule has 142 valence electrons. The van der Waals surface area contributed by atoms with Crippen molar-refractivity contribution in [2.45, 2.75) is 0 Å². The van der Waals surface area contributed by atoms with Gasteiger partial charge < -0.3 is 4.74 Å². The maximum Gasteiger partial charge on any atom is 0.318 e. The molecule has 1 saturated heterocycles. The van der Waals surface area contributed by atoms with Crippen LogP contribution in [0.15, 0.2) is 47.4 Å². The molecule has 0 bridgehead atoms. The van der Waals surface area contributed by atoms with Crippen molar-refractivity contribution in [3.63, 3.8) is 0 Å². The van der Waals surface area contributed by atoms with Crippen LogP contribution in [0.3, 0.4) is 0 Å². The highest BCUT2D eigenvalue weighted by molar-refractivity contribution is 8.26. The van der Waals surface area contributed by atoms with Gasteiger partial charge in [-0.05, 0) is 29.8 Å². The molecule has 0 N–H and O–H groups in total. The Kier molecular flexibility index (Phi) is 5.38. The number of benzene rings is 2. The highest BCUT2D eigenvalue weighted by Gasteiger charge is 2.28. The van der Waals surface area contributed by atoms with Gasteiger partial charge in [-0.15, -0.1) is 0 Å². The van der Waals surface area contributed by atoms with Crippen molar-refractivity contribution in [1.29, 1.82) is 0 Å². The van der Waals surface area contributed by atoms with E-state index >= 15 is 0 Å². The third kappa shape index (κ3) is 4.00. The zero-order valence-electron chi connectivity index (χ0n) is 14.2. The van der Waals surface area contributed by atoms with E-state index in [4.69, 9.17) is 17.0 Å². The third-order valence-electron chi connectivity index (χ3n) is 3.74. The van der Waals surface area contributed by atoms with Gasteiger partial charge >= 0.3 is 5.69 Å². The fraction of sp³-hybridized carbons (Fsp3) is 0.0588. The van der Waals surface area contributed by atoms with Crippen LogP contribution in [0.5, 0.6) is 11.5 Å². The minimum atomic E-state index is -0.747. The van der Waals surface area contributed by atoms with E-state index in [-0.39, 0.29) is 11.7 Å². The topological polar surface area (TPSA) is 116 Å². The summed E-state index contributed by atoms with van der Waals surface area (Å²) in [5.74, 6) is 0.00387. The lowest BCUT2D eigenvalue weighted by molar-refractivity contribution is -0.394. The normalized spacial score (nSPS) is 15.2. The van der Waals surface area contributed by atoms with E-state index in [9.17, 15) is 25.0 Å². The molecule has 0 atom stereocenters. The SMILES string of the molecule is CN1C(=O)/C(=C/c2ccc(Oc3ccc([N+](=O)[O-])cc3[N+](=O)[O-])cc2)SC1=S. The van der Waals surface area contributed by atoms with Crippen LogP contribution in [0.4, 0.5) is 11.4 Å². The first-order chi connectivity index (χ1) is 13.3. The maximum atomic E-state index is 12.0. The molecule has 0 radical (unpaired) electrons. The highest BCUT2D eigenvalue weighted by Crippen LogP contribution is 2.35. The number of thiocarbonyl (C=S) groups is 1. The summed E-state index contributed by atoms with van der Waals surface area (Å²) < 4.78 is 5.97. The third-order valence-corrected chi connectivity index (χ3v) is 5.23.